The van der Waals surface area contributed by atoms with Crippen LogP contribution in [0.15, 0.2) is 36.5 Å². The number of carboxylic acids is 1. The summed E-state index contributed by atoms with van der Waals surface area (Å²) in [7, 11) is 1.46. The molecule has 2 rings (SSSR count). The molecule has 0 bridgehead atoms. The Morgan fingerprint density at radius 1 is 1.40 bits per heavy atom. The van der Waals surface area contributed by atoms with Gasteiger partial charge in [0, 0.05) is 12.3 Å². The van der Waals surface area contributed by atoms with Gasteiger partial charge in [-0.1, -0.05) is 0 Å². The highest BCUT2D eigenvalue weighted by molar-refractivity contribution is 5.91. The van der Waals surface area contributed by atoms with Crippen molar-refractivity contribution >= 4 is 5.97 Å². The molecule has 1 N–H and O–H groups in total. The van der Waals surface area contributed by atoms with Crippen LogP contribution >= 0.6 is 0 Å². The standard InChI is InChI=1S/C14H10N2O4/c1-19-10-4-5-11(14(17)18)12(7-10)20-13-9(8-15)3-2-6-16-13/h2-7H,1H3,(H,17,18). The van der Waals surface area contributed by atoms with Crippen LogP contribution in [-0.4, -0.2) is 23.2 Å². The number of carbonyl (C=O) groups is 1. The zero-order valence-electron chi connectivity index (χ0n) is 10.5. The van der Waals surface area contributed by atoms with Crippen LogP contribution in [0.3, 0.4) is 0 Å². The van der Waals surface area contributed by atoms with Crippen molar-refractivity contribution in [3.8, 4) is 23.4 Å². The minimum absolute atomic E-state index is 0.0413. The van der Waals surface area contributed by atoms with Crippen molar-refractivity contribution in [3.63, 3.8) is 0 Å². The third kappa shape index (κ3) is 2.67. The van der Waals surface area contributed by atoms with Crippen LogP contribution < -0.4 is 9.47 Å². The van der Waals surface area contributed by atoms with Crippen LogP contribution in [0.2, 0.25) is 0 Å². The Kier molecular flexibility index (Phi) is 3.82. The molecule has 0 atom stereocenters. The molecule has 6 nitrogen and oxygen atoms in total. The summed E-state index contributed by atoms with van der Waals surface area (Å²) in [6.45, 7) is 0. The molecular weight excluding hydrogens is 260 g/mol. The van der Waals surface area contributed by atoms with Crippen molar-refractivity contribution < 1.29 is 19.4 Å². The lowest BCUT2D eigenvalue weighted by molar-refractivity contribution is 0.0694. The first-order valence-electron chi connectivity index (χ1n) is 5.60. The molecule has 0 amide bonds. The highest BCUT2D eigenvalue weighted by Gasteiger charge is 2.15. The van der Waals surface area contributed by atoms with E-state index in [0.29, 0.717) is 5.75 Å². The van der Waals surface area contributed by atoms with E-state index in [1.54, 1.807) is 6.07 Å². The number of hydrogen-bond acceptors (Lipinski definition) is 5. The van der Waals surface area contributed by atoms with Gasteiger partial charge in [0.05, 0.1) is 7.11 Å². The van der Waals surface area contributed by atoms with Gasteiger partial charge in [0.2, 0.25) is 5.88 Å². The van der Waals surface area contributed by atoms with Crippen molar-refractivity contribution in [2.75, 3.05) is 7.11 Å². The third-order valence-electron chi connectivity index (χ3n) is 2.52. The van der Waals surface area contributed by atoms with Gasteiger partial charge in [0.1, 0.15) is 28.7 Å². The fraction of sp³-hybridized carbons (Fsp3) is 0.0714. The maximum absolute atomic E-state index is 11.2. The molecule has 20 heavy (non-hydrogen) atoms. The van der Waals surface area contributed by atoms with Gasteiger partial charge in [0.15, 0.2) is 0 Å². The molecule has 0 spiro atoms. The molecule has 2 aromatic rings. The van der Waals surface area contributed by atoms with Crippen molar-refractivity contribution in [2.24, 2.45) is 0 Å². The number of pyridine rings is 1. The van der Waals surface area contributed by atoms with E-state index in [1.165, 1.54) is 37.6 Å². The van der Waals surface area contributed by atoms with Crippen LogP contribution in [0.4, 0.5) is 0 Å². The molecule has 0 saturated heterocycles. The Balaban J connectivity index is 2.46. The van der Waals surface area contributed by atoms with Gasteiger partial charge >= 0.3 is 5.97 Å². The summed E-state index contributed by atoms with van der Waals surface area (Å²) in [5, 5.41) is 18.1. The smallest absolute Gasteiger partial charge is 0.339 e. The number of aromatic carboxylic acids is 1. The topological polar surface area (TPSA) is 92.4 Å². The number of carboxylic acid groups (broad SMARTS) is 1. The summed E-state index contributed by atoms with van der Waals surface area (Å²) in [4.78, 5) is 15.1. The molecule has 0 aliphatic carbocycles. The van der Waals surface area contributed by atoms with Gasteiger partial charge in [-0.3, -0.25) is 0 Å². The van der Waals surface area contributed by atoms with Crippen molar-refractivity contribution in [1.29, 1.82) is 5.26 Å². The molecule has 0 radical (unpaired) electrons. The molecule has 0 aliphatic rings. The van der Waals surface area contributed by atoms with Gasteiger partial charge in [-0.2, -0.15) is 5.26 Å². The van der Waals surface area contributed by atoms with Crippen molar-refractivity contribution in [2.45, 2.75) is 0 Å². The minimum atomic E-state index is -1.14. The largest absolute Gasteiger partial charge is 0.497 e. The summed E-state index contributed by atoms with van der Waals surface area (Å²) in [5.74, 6) is -0.589. The number of benzene rings is 1. The molecular formula is C14H10N2O4. The normalized spacial score (nSPS) is 9.60. The van der Waals surface area contributed by atoms with Crippen LogP contribution in [0.1, 0.15) is 15.9 Å². The van der Waals surface area contributed by atoms with Gasteiger partial charge in [-0.05, 0) is 24.3 Å². The molecule has 0 aliphatic heterocycles. The molecule has 0 unspecified atom stereocenters. The Bertz CT molecular complexity index is 692. The summed E-state index contributed by atoms with van der Waals surface area (Å²) in [6.07, 6.45) is 1.46. The second-order valence-electron chi connectivity index (χ2n) is 3.74. The van der Waals surface area contributed by atoms with E-state index in [1.807, 2.05) is 6.07 Å². The number of hydrogen-bond donors (Lipinski definition) is 1. The van der Waals surface area contributed by atoms with E-state index < -0.39 is 5.97 Å². The first kappa shape index (κ1) is 13.4. The molecule has 1 heterocycles. The number of rotatable bonds is 4. The van der Waals surface area contributed by atoms with Crippen molar-refractivity contribution in [1.82, 2.24) is 4.98 Å². The summed E-state index contributed by atoms with van der Waals surface area (Å²) >= 11 is 0. The molecule has 0 saturated carbocycles. The number of nitrogens with zero attached hydrogens (tertiary/aromatic N) is 2. The second-order valence-corrected chi connectivity index (χ2v) is 3.74. The highest BCUT2D eigenvalue weighted by Crippen LogP contribution is 2.29. The fourth-order valence-electron chi connectivity index (χ4n) is 1.55. The fourth-order valence-corrected chi connectivity index (χ4v) is 1.55. The maximum atomic E-state index is 11.2. The van der Waals surface area contributed by atoms with Crippen LogP contribution in [-0.2, 0) is 0 Å². The predicted molar refractivity (Wildman–Crippen MR) is 69.0 cm³/mol. The van der Waals surface area contributed by atoms with Crippen LogP contribution in [0.25, 0.3) is 0 Å². The average molecular weight is 270 g/mol. The number of aromatic nitrogens is 1. The summed E-state index contributed by atoms with van der Waals surface area (Å²) in [6, 6.07) is 9.36. The summed E-state index contributed by atoms with van der Waals surface area (Å²) in [5.41, 5.74) is 0.173. The first-order valence-corrected chi connectivity index (χ1v) is 5.60. The van der Waals surface area contributed by atoms with E-state index in [-0.39, 0.29) is 22.8 Å². The number of methoxy groups -OCH3 is 1. The SMILES string of the molecule is COc1ccc(C(=O)O)c(Oc2ncccc2C#N)c1. The van der Waals surface area contributed by atoms with E-state index in [2.05, 4.69) is 4.98 Å². The molecule has 6 heteroatoms. The molecule has 0 fully saturated rings. The van der Waals surface area contributed by atoms with E-state index in [4.69, 9.17) is 19.8 Å². The monoisotopic (exact) mass is 270 g/mol. The number of nitriles is 1. The maximum Gasteiger partial charge on any atom is 0.339 e. The Labute approximate surface area is 114 Å². The minimum Gasteiger partial charge on any atom is -0.497 e. The van der Waals surface area contributed by atoms with Gasteiger partial charge in [0.25, 0.3) is 0 Å². The lowest BCUT2D eigenvalue weighted by Crippen LogP contribution is -2.02. The van der Waals surface area contributed by atoms with Gasteiger partial charge in [-0.15, -0.1) is 0 Å². The van der Waals surface area contributed by atoms with E-state index >= 15 is 0 Å². The Hall–Kier alpha value is -3.07. The Morgan fingerprint density at radius 3 is 2.85 bits per heavy atom. The molecule has 1 aromatic carbocycles. The van der Waals surface area contributed by atoms with Crippen LogP contribution in [0.5, 0.6) is 17.4 Å². The van der Waals surface area contributed by atoms with Gasteiger partial charge < -0.3 is 14.6 Å². The first-order chi connectivity index (χ1) is 9.65. The predicted octanol–water partition coefficient (Wildman–Crippen LogP) is 2.45. The Morgan fingerprint density at radius 2 is 2.20 bits per heavy atom. The zero-order chi connectivity index (χ0) is 14.5. The quantitative estimate of drug-likeness (QED) is 0.917. The van der Waals surface area contributed by atoms with E-state index in [0.717, 1.165) is 0 Å². The summed E-state index contributed by atoms with van der Waals surface area (Å²) < 4.78 is 10.5. The molecule has 1 aromatic heterocycles. The zero-order valence-corrected chi connectivity index (χ0v) is 10.5. The lowest BCUT2D eigenvalue weighted by Gasteiger charge is -2.10. The molecule has 100 valence electrons. The van der Waals surface area contributed by atoms with Crippen molar-refractivity contribution in [3.05, 3.63) is 47.7 Å². The van der Waals surface area contributed by atoms with Crippen LogP contribution in [0, 0.1) is 11.3 Å². The second kappa shape index (κ2) is 5.71. The van der Waals surface area contributed by atoms with Gasteiger partial charge in [-0.25, -0.2) is 9.78 Å². The third-order valence-corrected chi connectivity index (χ3v) is 2.52. The number of ether oxygens (including phenoxy) is 2. The highest BCUT2D eigenvalue weighted by atomic mass is 16.5. The van der Waals surface area contributed by atoms with E-state index in [9.17, 15) is 4.79 Å². The lowest BCUT2D eigenvalue weighted by atomic mass is 10.2. The average Bonchev–Trinajstić information content (AvgIpc) is 2.47.